The molecule has 0 radical (unpaired) electrons. The van der Waals surface area contributed by atoms with Crippen molar-refractivity contribution in [1.29, 1.82) is 0 Å². The van der Waals surface area contributed by atoms with Gasteiger partial charge >= 0.3 is 5.97 Å². The van der Waals surface area contributed by atoms with Crippen LogP contribution in [0.15, 0.2) is 46.9 Å². The van der Waals surface area contributed by atoms with Gasteiger partial charge in [-0.3, -0.25) is 0 Å². The molecular formula is C24H23BrClN3O3. The number of nitrogens with zero attached hydrogens (tertiary/aromatic N) is 2. The molecule has 32 heavy (non-hydrogen) atoms. The van der Waals surface area contributed by atoms with Gasteiger partial charge in [-0.1, -0.05) is 49.2 Å². The lowest BCUT2D eigenvalue weighted by Crippen LogP contribution is -2.09. The Balaban J connectivity index is 1.75. The van der Waals surface area contributed by atoms with Crippen molar-refractivity contribution in [2.75, 3.05) is 0 Å². The molecule has 2 aromatic carbocycles. The van der Waals surface area contributed by atoms with Crippen LogP contribution < -0.4 is 0 Å². The van der Waals surface area contributed by atoms with E-state index in [2.05, 4.69) is 38.9 Å². The summed E-state index contributed by atoms with van der Waals surface area (Å²) in [7, 11) is 0. The molecule has 0 amide bonds. The first-order valence-electron chi connectivity index (χ1n) is 10.4. The first-order valence-corrected chi connectivity index (χ1v) is 11.6. The maximum atomic E-state index is 11.7. The van der Waals surface area contributed by atoms with Crippen molar-refractivity contribution in [2.45, 2.75) is 39.3 Å². The highest BCUT2D eigenvalue weighted by Crippen LogP contribution is 2.37. The maximum absolute atomic E-state index is 11.7. The lowest BCUT2D eigenvalue weighted by Gasteiger charge is -2.11. The number of aliphatic hydroxyl groups is 1. The minimum atomic E-state index is -0.972. The van der Waals surface area contributed by atoms with Gasteiger partial charge in [0.2, 0.25) is 0 Å². The van der Waals surface area contributed by atoms with E-state index in [9.17, 15) is 15.0 Å². The number of carbonyl (C=O) groups is 1. The molecule has 4 rings (SSSR count). The van der Waals surface area contributed by atoms with E-state index in [4.69, 9.17) is 11.6 Å². The number of aryl methyl sites for hydroxylation is 1. The number of unbranched alkanes of at least 4 members (excludes halogenated alkanes) is 1. The number of hydrogen-bond acceptors (Lipinski definition) is 3. The minimum Gasteiger partial charge on any atom is -0.478 e. The number of hydrogen-bond donors (Lipinski definition) is 3. The Labute approximate surface area is 199 Å². The van der Waals surface area contributed by atoms with E-state index in [0.29, 0.717) is 23.0 Å². The third kappa shape index (κ3) is 4.20. The summed E-state index contributed by atoms with van der Waals surface area (Å²) in [6.45, 7) is 2.48. The molecule has 6 nitrogen and oxygen atoms in total. The molecule has 2 heterocycles. The summed E-state index contributed by atoms with van der Waals surface area (Å²) in [5, 5.41) is 20.7. The molecular weight excluding hydrogens is 494 g/mol. The summed E-state index contributed by atoms with van der Waals surface area (Å²) in [6, 6.07) is 13.0. The monoisotopic (exact) mass is 515 g/mol. The number of imidazole rings is 1. The van der Waals surface area contributed by atoms with Crippen LogP contribution in [-0.4, -0.2) is 30.7 Å². The number of carboxylic acids is 1. The molecule has 0 saturated heterocycles. The van der Waals surface area contributed by atoms with Crippen molar-refractivity contribution in [3.63, 3.8) is 0 Å². The van der Waals surface area contributed by atoms with Gasteiger partial charge in [-0.15, -0.1) is 0 Å². The van der Waals surface area contributed by atoms with Gasteiger partial charge in [0.25, 0.3) is 0 Å². The predicted octanol–water partition coefficient (Wildman–Crippen LogP) is 6.03. The van der Waals surface area contributed by atoms with Crippen LogP contribution in [0.25, 0.3) is 22.2 Å². The third-order valence-electron chi connectivity index (χ3n) is 5.57. The molecule has 0 aliphatic carbocycles. The van der Waals surface area contributed by atoms with E-state index in [1.54, 1.807) is 18.2 Å². The number of aromatic amines is 1. The van der Waals surface area contributed by atoms with E-state index in [1.165, 1.54) is 0 Å². The van der Waals surface area contributed by atoms with Crippen molar-refractivity contribution >= 4 is 44.4 Å². The molecule has 166 valence electrons. The standard InChI is InChI=1S/C24H23BrClN3O3/c1-2-3-8-20-28-23(26)19(13-30)29(20)12-14-9-10-18-17(11-14)21(25)22(27-18)15-6-4-5-7-16(15)24(31)32/h4-7,9-11,27,30H,2-3,8,12-13H2,1H3,(H,31,32). The molecule has 8 heteroatoms. The molecule has 0 saturated carbocycles. The first kappa shape index (κ1) is 22.6. The number of carboxylic acid groups (broad SMARTS) is 1. The number of aromatic nitrogens is 3. The highest BCUT2D eigenvalue weighted by atomic mass is 79.9. The number of aromatic carboxylic acids is 1. The van der Waals surface area contributed by atoms with Crippen LogP contribution in [0.3, 0.4) is 0 Å². The van der Waals surface area contributed by atoms with Gasteiger partial charge in [0.1, 0.15) is 5.82 Å². The smallest absolute Gasteiger partial charge is 0.336 e. The zero-order chi connectivity index (χ0) is 22.8. The number of aliphatic hydroxyl groups excluding tert-OH is 1. The van der Waals surface area contributed by atoms with Crippen molar-refractivity contribution in [1.82, 2.24) is 14.5 Å². The van der Waals surface area contributed by atoms with E-state index in [-0.39, 0.29) is 12.2 Å². The van der Waals surface area contributed by atoms with Crippen LogP contribution in [0.4, 0.5) is 0 Å². The summed E-state index contributed by atoms with van der Waals surface area (Å²) >= 11 is 9.94. The highest BCUT2D eigenvalue weighted by Gasteiger charge is 2.19. The van der Waals surface area contributed by atoms with Gasteiger partial charge in [-0.05, 0) is 46.1 Å². The molecule has 0 atom stereocenters. The van der Waals surface area contributed by atoms with Crippen molar-refractivity contribution in [3.05, 3.63) is 74.7 Å². The summed E-state index contributed by atoms with van der Waals surface area (Å²) in [5.74, 6) is -0.106. The Bertz CT molecular complexity index is 1300. The maximum Gasteiger partial charge on any atom is 0.336 e. The Morgan fingerprint density at radius 3 is 2.75 bits per heavy atom. The highest BCUT2D eigenvalue weighted by molar-refractivity contribution is 9.10. The number of rotatable bonds is 8. The van der Waals surface area contributed by atoms with Crippen molar-refractivity contribution in [3.8, 4) is 11.3 Å². The first-order chi connectivity index (χ1) is 15.4. The molecule has 4 aromatic rings. The SMILES string of the molecule is CCCCc1nc(Cl)c(CO)n1Cc1ccc2[nH]c(-c3ccccc3C(=O)O)c(Br)c2c1. The predicted molar refractivity (Wildman–Crippen MR) is 129 cm³/mol. The molecule has 0 fully saturated rings. The van der Waals surface area contributed by atoms with Gasteiger partial charge in [0, 0.05) is 29.4 Å². The summed E-state index contributed by atoms with van der Waals surface area (Å²) in [4.78, 5) is 19.5. The van der Waals surface area contributed by atoms with Crippen LogP contribution in [0.1, 0.15) is 47.2 Å². The van der Waals surface area contributed by atoms with E-state index < -0.39 is 5.97 Å². The Hall–Kier alpha value is -2.61. The topological polar surface area (TPSA) is 91.1 Å². The molecule has 0 unspecified atom stereocenters. The quantitative estimate of drug-likeness (QED) is 0.267. The van der Waals surface area contributed by atoms with Crippen LogP contribution >= 0.6 is 27.5 Å². The minimum absolute atomic E-state index is 0.176. The second kappa shape index (κ2) is 9.48. The number of fused-ring (bicyclic) bond motifs is 1. The average molecular weight is 517 g/mol. The number of H-pyrrole nitrogens is 1. The molecule has 0 aliphatic rings. The summed E-state index contributed by atoms with van der Waals surface area (Å²) in [5.41, 5.74) is 4.11. The van der Waals surface area contributed by atoms with E-state index in [0.717, 1.165) is 51.7 Å². The Kier molecular flexibility index (Phi) is 6.69. The molecule has 0 aliphatic heterocycles. The van der Waals surface area contributed by atoms with Crippen molar-refractivity contribution in [2.24, 2.45) is 0 Å². The van der Waals surface area contributed by atoms with Crippen molar-refractivity contribution < 1.29 is 15.0 Å². The third-order valence-corrected chi connectivity index (χ3v) is 6.70. The van der Waals surface area contributed by atoms with Gasteiger partial charge in [0.15, 0.2) is 5.15 Å². The van der Waals surface area contributed by atoms with E-state index in [1.807, 2.05) is 22.8 Å². The number of nitrogens with one attached hydrogen (secondary N) is 1. The number of benzene rings is 2. The van der Waals surface area contributed by atoms with Crippen LogP contribution in [0, 0.1) is 0 Å². The van der Waals surface area contributed by atoms with Gasteiger partial charge in [-0.25, -0.2) is 9.78 Å². The largest absolute Gasteiger partial charge is 0.478 e. The lowest BCUT2D eigenvalue weighted by molar-refractivity contribution is 0.0697. The summed E-state index contributed by atoms with van der Waals surface area (Å²) < 4.78 is 2.79. The second-order valence-corrected chi connectivity index (χ2v) is 8.81. The second-order valence-electron chi connectivity index (χ2n) is 7.66. The Morgan fingerprint density at radius 1 is 1.25 bits per heavy atom. The summed E-state index contributed by atoms with van der Waals surface area (Å²) in [6.07, 6.45) is 2.83. The molecule has 2 aromatic heterocycles. The zero-order valence-corrected chi connectivity index (χ0v) is 19.9. The van der Waals surface area contributed by atoms with Gasteiger partial charge < -0.3 is 19.8 Å². The molecule has 3 N–H and O–H groups in total. The molecule has 0 spiro atoms. The van der Waals surface area contributed by atoms with Gasteiger partial charge in [0.05, 0.1) is 28.0 Å². The van der Waals surface area contributed by atoms with Crippen LogP contribution in [0.2, 0.25) is 5.15 Å². The fourth-order valence-corrected chi connectivity index (χ4v) is 4.83. The number of halogens is 2. The van der Waals surface area contributed by atoms with Crippen LogP contribution in [-0.2, 0) is 19.6 Å². The molecule has 0 bridgehead atoms. The van der Waals surface area contributed by atoms with Crippen LogP contribution in [0.5, 0.6) is 0 Å². The fraction of sp³-hybridized carbons (Fsp3) is 0.250. The fourth-order valence-electron chi connectivity index (χ4n) is 3.93. The zero-order valence-electron chi connectivity index (χ0n) is 17.5. The lowest BCUT2D eigenvalue weighted by atomic mass is 10.0. The van der Waals surface area contributed by atoms with Gasteiger partial charge in [-0.2, -0.15) is 0 Å². The average Bonchev–Trinajstić information content (AvgIpc) is 3.27. The normalized spacial score (nSPS) is 11.4. The Morgan fingerprint density at radius 2 is 2.03 bits per heavy atom. The van der Waals surface area contributed by atoms with E-state index >= 15 is 0 Å².